The molecule has 0 amide bonds. The zero-order valence-electron chi connectivity index (χ0n) is 9.75. The molecule has 0 aromatic carbocycles. The van der Waals surface area contributed by atoms with E-state index in [0.717, 1.165) is 19.6 Å². The Morgan fingerprint density at radius 1 is 1.00 bits per heavy atom. The van der Waals surface area contributed by atoms with E-state index in [2.05, 4.69) is 39.8 Å². The van der Waals surface area contributed by atoms with Crippen molar-refractivity contribution in [3.8, 4) is 0 Å². The summed E-state index contributed by atoms with van der Waals surface area (Å²) in [6.45, 7) is 10.4. The molecule has 0 unspecified atom stereocenters. The van der Waals surface area contributed by atoms with Crippen LogP contribution >= 0.6 is 0 Å². The lowest BCUT2D eigenvalue weighted by atomic mass is 10.4. The van der Waals surface area contributed by atoms with Crippen molar-refractivity contribution in [3.63, 3.8) is 0 Å². The van der Waals surface area contributed by atoms with Crippen molar-refractivity contribution in [2.24, 2.45) is 0 Å². The Kier molecular flexibility index (Phi) is 4.35. The van der Waals surface area contributed by atoms with E-state index in [-0.39, 0.29) is 0 Å². The lowest BCUT2D eigenvalue weighted by molar-refractivity contribution is 0.165. The molecule has 82 valence electrons. The van der Waals surface area contributed by atoms with E-state index in [9.17, 15) is 0 Å². The van der Waals surface area contributed by atoms with Crippen molar-refractivity contribution < 1.29 is 8.85 Å². The van der Waals surface area contributed by atoms with Crippen molar-refractivity contribution in [1.82, 2.24) is 0 Å². The Morgan fingerprint density at radius 3 is 2.21 bits per heavy atom. The SMILES string of the molecule is CC(C)[Si]1(C(C)C)OCC=CCCO1. The van der Waals surface area contributed by atoms with Crippen molar-refractivity contribution in [2.75, 3.05) is 13.2 Å². The minimum absolute atomic E-state index is 0.522. The van der Waals surface area contributed by atoms with Crippen LogP contribution in [0.2, 0.25) is 11.1 Å². The second kappa shape index (κ2) is 5.10. The summed E-state index contributed by atoms with van der Waals surface area (Å²) in [7, 11) is -1.97. The Labute approximate surface area is 88.5 Å². The molecule has 0 fully saturated rings. The molecule has 0 aliphatic carbocycles. The molecule has 2 nitrogen and oxygen atoms in total. The molecule has 0 spiro atoms. The third-order valence-corrected chi connectivity index (χ3v) is 7.29. The van der Waals surface area contributed by atoms with Gasteiger partial charge >= 0.3 is 8.56 Å². The summed E-state index contributed by atoms with van der Waals surface area (Å²) in [5.74, 6) is 0. The van der Waals surface area contributed by atoms with Crippen LogP contribution in [0.4, 0.5) is 0 Å². The highest BCUT2D eigenvalue weighted by molar-refractivity contribution is 6.70. The smallest absolute Gasteiger partial charge is 0.343 e. The molecule has 14 heavy (non-hydrogen) atoms. The predicted octanol–water partition coefficient (Wildman–Crippen LogP) is 3.24. The lowest BCUT2D eigenvalue weighted by Gasteiger charge is -2.37. The molecular formula is C11H22O2Si. The van der Waals surface area contributed by atoms with Crippen LogP contribution in [0.25, 0.3) is 0 Å². The van der Waals surface area contributed by atoms with E-state index in [1.165, 1.54) is 0 Å². The maximum Gasteiger partial charge on any atom is 0.343 e. The van der Waals surface area contributed by atoms with Crippen LogP contribution in [-0.4, -0.2) is 21.8 Å². The van der Waals surface area contributed by atoms with E-state index in [0.29, 0.717) is 11.1 Å². The first-order chi connectivity index (χ1) is 6.59. The largest absolute Gasteiger partial charge is 0.394 e. The molecule has 0 aromatic heterocycles. The highest BCUT2D eigenvalue weighted by Crippen LogP contribution is 2.34. The monoisotopic (exact) mass is 214 g/mol. The van der Waals surface area contributed by atoms with Crippen LogP contribution in [0.5, 0.6) is 0 Å². The molecule has 0 bridgehead atoms. The fourth-order valence-electron chi connectivity index (χ4n) is 2.03. The molecule has 0 atom stereocenters. The van der Waals surface area contributed by atoms with Gasteiger partial charge < -0.3 is 8.85 Å². The Balaban J connectivity index is 2.78. The molecule has 0 N–H and O–H groups in total. The van der Waals surface area contributed by atoms with Crippen molar-refractivity contribution in [3.05, 3.63) is 12.2 Å². The average molecular weight is 214 g/mol. The molecule has 0 saturated heterocycles. The van der Waals surface area contributed by atoms with E-state index < -0.39 is 8.56 Å². The van der Waals surface area contributed by atoms with Gasteiger partial charge in [-0.1, -0.05) is 39.8 Å². The van der Waals surface area contributed by atoms with Gasteiger partial charge in [-0.2, -0.15) is 0 Å². The maximum atomic E-state index is 6.06. The topological polar surface area (TPSA) is 18.5 Å². The summed E-state index contributed by atoms with van der Waals surface area (Å²) in [6, 6.07) is 0. The van der Waals surface area contributed by atoms with Crippen LogP contribution in [0.15, 0.2) is 12.2 Å². The summed E-state index contributed by atoms with van der Waals surface area (Å²) in [5.41, 5.74) is 1.04. The highest BCUT2D eigenvalue weighted by Gasteiger charge is 2.44. The standard InChI is InChI=1S/C11H22O2Si/c1-10(2)14(11(3)4)12-8-6-5-7-9-13-14/h5-6,10-11H,7-9H2,1-4H3. The van der Waals surface area contributed by atoms with Gasteiger partial charge in [0.25, 0.3) is 0 Å². The zero-order chi connectivity index (χ0) is 10.6. The Morgan fingerprint density at radius 2 is 1.64 bits per heavy atom. The predicted molar refractivity (Wildman–Crippen MR) is 61.6 cm³/mol. The number of rotatable bonds is 2. The third kappa shape index (κ3) is 2.46. The maximum absolute atomic E-state index is 6.06. The van der Waals surface area contributed by atoms with Gasteiger partial charge in [0.05, 0.1) is 6.61 Å². The second-order valence-electron chi connectivity index (χ2n) is 4.45. The van der Waals surface area contributed by atoms with E-state index in [4.69, 9.17) is 8.85 Å². The van der Waals surface area contributed by atoms with Gasteiger partial charge in [-0.25, -0.2) is 0 Å². The summed E-state index contributed by atoms with van der Waals surface area (Å²) >= 11 is 0. The number of hydrogen-bond acceptors (Lipinski definition) is 2. The van der Waals surface area contributed by atoms with Gasteiger partial charge in [0, 0.05) is 6.61 Å². The van der Waals surface area contributed by atoms with E-state index in [1.54, 1.807) is 0 Å². The van der Waals surface area contributed by atoms with Gasteiger partial charge in [0.1, 0.15) is 0 Å². The summed E-state index contributed by atoms with van der Waals surface area (Å²) in [5, 5.41) is 0. The first-order valence-corrected chi connectivity index (χ1v) is 7.49. The number of hydrogen-bond donors (Lipinski definition) is 0. The summed E-state index contributed by atoms with van der Waals surface area (Å²) < 4.78 is 12.1. The van der Waals surface area contributed by atoms with Gasteiger partial charge in [-0.3, -0.25) is 0 Å². The Hall–Kier alpha value is -0.123. The normalized spacial score (nSPS) is 22.4. The van der Waals surface area contributed by atoms with E-state index >= 15 is 0 Å². The van der Waals surface area contributed by atoms with Crippen molar-refractivity contribution in [1.29, 1.82) is 0 Å². The first kappa shape index (κ1) is 11.9. The van der Waals surface area contributed by atoms with Crippen LogP contribution in [0.3, 0.4) is 0 Å². The van der Waals surface area contributed by atoms with Gasteiger partial charge in [-0.05, 0) is 17.5 Å². The minimum Gasteiger partial charge on any atom is -0.394 e. The molecule has 3 heteroatoms. The molecule has 1 heterocycles. The van der Waals surface area contributed by atoms with Gasteiger partial charge in [0.2, 0.25) is 0 Å². The van der Waals surface area contributed by atoms with Crippen LogP contribution < -0.4 is 0 Å². The Bertz CT molecular complexity index is 191. The quantitative estimate of drug-likeness (QED) is 0.519. The highest BCUT2D eigenvalue weighted by atomic mass is 28.4. The molecule has 0 aromatic rings. The van der Waals surface area contributed by atoms with Crippen LogP contribution in [-0.2, 0) is 8.85 Å². The first-order valence-electron chi connectivity index (χ1n) is 5.52. The molecule has 1 rings (SSSR count). The second-order valence-corrected chi connectivity index (χ2v) is 8.78. The molecule has 0 radical (unpaired) electrons. The molecular weight excluding hydrogens is 192 g/mol. The van der Waals surface area contributed by atoms with Gasteiger partial charge in [0.15, 0.2) is 0 Å². The molecule has 1 aliphatic rings. The lowest BCUT2D eigenvalue weighted by Crippen LogP contribution is -2.48. The van der Waals surface area contributed by atoms with Crippen molar-refractivity contribution in [2.45, 2.75) is 45.2 Å². The molecule has 1 aliphatic heterocycles. The fourth-order valence-corrected chi connectivity index (χ4v) is 5.57. The van der Waals surface area contributed by atoms with Crippen LogP contribution in [0.1, 0.15) is 34.1 Å². The molecule has 0 saturated carbocycles. The van der Waals surface area contributed by atoms with Crippen LogP contribution in [0, 0.1) is 0 Å². The average Bonchev–Trinajstić information content (AvgIpc) is 2.02. The summed E-state index contributed by atoms with van der Waals surface area (Å²) in [6.07, 6.45) is 5.28. The fraction of sp³-hybridized carbons (Fsp3) is 0.818. The third-order valence-electron chi connectivity index (χ3n) is 2.79. The minimum atomic E-state index is -1.97. The van der Waals surface area contributed by atoms with E-state index in [1.807, 2.05) is 0 Å². The zero-order valence-corrected chi connectivity index (χ0v) is 10.7. The van der Waals surface area contributed by atoms with Crippen molar-refractivity contribution >= 4 is 8.56 Å². The van der Waals surface area contributed by atoms with Gasteiger partial charge in [-0.15, -0.1) is 0 Å². The summed E-state index contributed by atoms with van der Waals surface area (Å²) in [4.78, 5) is 0.